The molecule has 27 heavy (non-hydrogen) atoms. The Morgan fingerprint density at radius 3 is 2.63 bits per heavy atom. The first-order valence-electron chi connectivity index (χ1n) is 7.91. The number of benzene rings is 2. The smallest absolute Gasteiger partial charge is 0.352 e. The minimum atomic E-state index is -1.18. The standard InChI is InChI=1S/C19H15ClN2O5/c1-27-19(26)11-4-2-3-5-14(11)21-16(23)9-13-12-8-10(20)6-7-15(12)22-17(13)18(24)25/h2-8,22H,9H2,1H3,(H,21,23)(H,24,25). The van der Waals surface area contributed by atoms with Crippen LogP contribution in [0.5, 0.6) is 0 Å². The number of fused-ring (bicyclic) bond motifs is 1. The number of aromatic amines is 1. The highest BCUT2D eigenvalue weighted by Crippen LogP contribution is 2.27. The lowest BCUT2D eigenvalue weighted by atomic mass is 10.1. The number of methoxy groups -OCH3 is 1. The van der Waals surface area contributed by atoms with E-state index in [1.165, 1.54) is 13.2 Å². The van der Waals surface area contributed by atoms with Crippen molar-refractivity contribution in [2.75, 3.05) is 12.4 Å². The summed E-state index contributed by atoms with van der Waals surface area (Å²) < 4.78 is 4.70. The van der Waals surface area contributed by atoms with Crippen LogP contribution in [0.1, 0.15) is 26.4 Å². The molecule has 1 aromatic heterocycles. The predicted octanol–water partition coefficient (Wildman–Crippen LogP) is 3.49. The number of carboxylic acid groups (broad SMARTS) is 1. The van der Waals surface area contributed by atoms with Gasteiger partial charge in [-0.25, -0.2) is 9.59 Å². The highest BCUT2D eigenvalue weighted by Gasteiger charge is 2.21. The van der Waals surface area contributed by atoms with E-state index in [1.54, 1.807) is 36.4 Å². The van der Waals surface area contributed by atoms with Crippen molar-refractivity contribution in [3.63, 3.8) is 0 Å². The first kappa shape index (κ1) is 18.5. The summed E-state index contributed by atoms with van der Waals surface area (Å²) in [6, 6.07) is 11.3. The van der Waals surface area contributed by atoms with Gasteiger partial charge in [0, 0.05) is 21.5 Å². The van der Waals surface area contributed by atoms with Gasteiger partial charge in [0.05, 0.1) is 24.8 Å². The van der Waals surface area contributed by atoms with E-state index in [4.69, 9.17) is 16.3 Å². The molecular weight excluding hydrogens is 372 g/mol. The number of esters is 1. The SMILES string of the molecule is COC(=O)c1ccccc1NC(=O)Cc1c(C(=O)O)[nH]c2ccc(Cl)cc12. The van der Waals surface area contributed by atoms with Gasteiger partial charge in [-0.05, 0) is 30.3 Å². The quantitative estimate of drug-likeness (QED) is 0.581. The number of carbonyl (C=O) groups excluding carboxylic acids is 2. The Bertz CT molecular complexity index is 1060. The number of ether oxygens (including phenoxy) is 1. The number of H-pyrrole nitrogens is 1. The number of aromatic nitrogens is 1. The van der Waals surface area contributed by atoms with Crippen LogP contribution in [-0.4, -0.2) is 35.0 Å². The van der Waals surface area contributed by atoms with Crippen LogP contribution in [0.25, 0.3) is 10.9 Å². The molecule has 3 N–H and O–H groups in total. The zero-order chi connectivity index (χ0) is 19.6. The molecular formula is C19H15ClN2O5. The maximum atomic E-state index is 12.5. The summed E-state index contributed by atoms with van der Waals surface area (Å²) in [7, 11) is 1.25. The number of amides is 1. The molecule has 3 aromatic rings. The normalized spacial score (nSPS) is 10.6. The molecule has 7 nitrogen and oxygen atoms in total. The first-order chi connectivity index (χ1) is 12.9. The first-order valence-corrected chi connectivity index (χ1v) is 8.29. The van der Waals surface area contributed by atoms with Gasteiger partial charge in [-0.2, -0.15) is 0 Å². The summed E-state index contributed by atoms with van der Waals surface area (Å²) in [6.07, 6.45) is -0.211. The zero-order valence-electron chi connectivity index (χ0n) is 14.2. The van der Waals surface area contributed by atoms with Crippen molar-refractivity contribution >= 4 is 46.0 Å². The van der Waals surface area contributed by atoms with Crippen LogP contribution in [0.15, 0.2) is 42.5 Å². The van der Waals surface area contributed by atoms with Gasteiger partial charge in [-0.1, -0.05) is 23.7 Å². The third-order valence-electron chi connectivity index (χ3n) is 4.03. The summed E-state index contributed by atoms with van der Waals surface area (Å²) in [5.74, 6) is -2.24. The van der Waals surface area contributed by atoms with Crippen LogP contribution < -0.4 is 5.32 Å². The van der Waals surface area contributed by atoms with E-state index >= 15 is 0 Å². The van der Waals surface area contributed by atoms with Crippen molar-refractivity contribution in [2.24, 2.45) is 0 Å². The van der Waals surface area contributed by atoms with Gasteiger partial charge in [-0.15, -0.1) is 0 Å². The van der Waals surface area contributed by atoms with Gasteiger partial charge >= 0.3 is 11.9 Å². The Morgan fingerprint density at radius 2 is 1.93 bits per heavy atom. The number of hydrogen-bond acceptors (Lipinski definition) is 4. The van der Waals surface area contributed by atoms with Crippen LogP contribution >= 0.6 is 11.6 Å². The van der Waals surface area contributed by atoms with Gasteiger partial charge < -0.3 is 20.1 Å². The second-order valence-corrected chi connectivity index (χ2v) is 6.17. The molecule has 3 rings (SSSR count). The maximum absolute atomic E-state index is 12.5. The van der Waals surface area contributed by atoms with Gasteiger partial charge in [0.15, 0.2) is 0 Å². The summed E-state index contributed by atoms with van der Waals surface area (Å²) in [5.41, 5.74) is 1.28. The molecule has 138 valence electrons. The Morgan fingerprint density at radius 1 is 1.19 bits per heavy atom. The number of rotatable bonds is 5. The largest absolute Gasteiger partial charge is 0.477 e. The molecule has 0 unspecified atom stereocenters. The average molecular weight is 387 g/mol. The van der Waals surface area contributed by atoms with Gasteiger partial charge in [0.25, 0.3) is 0 Å². The van der Waals surface area contributed by atoms with Crippen LogP contribution in [0.3, 0.4) is 0 Å². The lowest BCUT2D eigenvalue weighted by Gasteiger charge is -2.10. The van der Waals surface area contributed by atoms with E-state index in [0.29, 0.717) is 21.5 Å². The summed E-state index contributed by atoms with van der Waals surface area (Å²) >= 11 is 6.00. The minimum Gasteiger partial charge on any atom is -0.477 e. The van der Waals surface area contributed by atoms with Crippen molar-refractivity contribution < 1.29 is 24.2 Å². The molecule has 1 heterocycles. The van der Waals surface area contributed by atoms with Gasteiger partial charge in [0.2, 0.25) is 5.91 Å². The van der Waals surface area contributed by atoms with Crippen LogP contribution in [0.2, 0.25) is 5.02 Å². The van der Waals surface area contributed by atoms with E-state index in [9.17, 15) is 19.5 Å². The Labute approximate surface area is 158 Å². The van der Waals surface area contributed by atoms with Crippen molar-refractivity contribution in [2.45, 2.75) is 6.42 Å². The van der Waals surface area contributed by atoms with Gasteiger partial charge in [-0.3, -0.25) is 4.79 Å². The second kappa shape index (κ2) is 7.51. The number of nitrogens with one attached hydrogen (secondary N) is 2. The predicted molar refractivity (Wildman–Crippen MR) is 100 cm³/mol. The zero-order valence-corrected chi connectivity index (χ0v) is 15.0. The molecule has 0 fully saturated rings. The van der Waals surface area contributed by atoms with Crippen LogP contribution in [0.4, 0.5) is 5.69 Å². The Balaban J connectivity index is 1.93. The number of aromatic carboxylic acids is 1. The van der Waals surface area contributed by atoms with E-state index in [-0.39, 0.29) is 23.4 Å². The van der Waals surface area contributed by atoms with E-state index in [1.807, 2.05) is 0 Å². The molecule has 8 heteroatoms. The fourth-order valence-electron chi connectivity index (χ4n) is 2.82. The monoisotopic (exact) mass is 386 g/mol. The molecule has 0 saturated heterocycles. The van der Waals surface area contributed by atoms with Crippen LogP contribution in [-0.2, 0) is 16.0 Å². The van der Waals surface area contributed by atoms with Crippen molar-refractivity contribution in [3.05, 3.63) is 64.3 Å². The molecule has 0 saturated carbocycles. The third-order valence-corrected chi connectivity index (χ3v) is 4.26. The minimum absolute atomic E-state index is 0.0799. The molecule has 0 aliphatic rings. The molecule has 1 amide bonds. The fourth-order valence-corrected chi connectivity index (χ4v) is 2.99. The lowest BCUT2D eigenvalue weighted by molar-refractivity contribution is -0.115. The second-order valence-electron chi connectivity index (χ2n) is 5.74. The number of halogens is 1. The summed E-state index contributed by atoms with van der Waals surface area (Å²) in [6.45, 7) is 0. The molecule has 0 aliphatic carbocycles. The fraction of sp³-hybridized carbons (Fsp3) is 0.105. The molecule has 0 atom stereocenters. The number of para-hydroxylation sites is 1. The topological polar surface area (TPSA) is 108 Å². The third kappa shape index (κ3) is 3.78. The van der Waals surface area contributed by atoms with E-state index in [0.717, 1.165) is 0 Å². The number of carboxylic acids is 1. The highest BCUT2D eigenvalue weighted by molar-refractivity contribution is 6.31. The Hall–Kier alpha value is -3.32. The average Bonchev–Trinajstić information content (AvgIpc) is 2.99. The van der Waals surface area contributed by atoms with Crippen molar-refractivity contribution in [1.82, 2.24) is 4.98 Å². The van der Waals surface area contributed by atoms with Crippen molar-refractivity contribution in [1.29, 1.82) is 0 Å². The molecule has 0 spiro atoms. The lowest BCUT2D eigenvalue weighted by Crippen LogP contribution is -2.18. The van der Waals surface area contributed by atoms with Crippen LogP contribution in [0, 0.1) is 0 Å². The maximum Gasteiger partial charge on any atom is 0.352 e. The molecule has 0 aliphatic heterocycles. The molecule has 0 radical (unpaired) electrons. The van der Waals surface area contributed by atoms with Gasteiger partial charge in [0.1, 0.15) is 5.69 Å². The van der Waals surface area contributed by atoms with E-state index < -0.39 is 17.8 Å². The number of anilines is 1. The van der Waals surface area contributed by atoms with Crippen molar-refractivity contribution in [3.8, 4) is 0 Å². The highest BCUT2D eigenvalue weighted by atomic mass is 35.5. The number of carbonyl (C=O) groups is 3. The molecule has 0 bridgehead atoms. The Kier molecular flexibility index (Phi) is 5.14. The van der Waals surface area contributed by atoms with E-state index in [2.05, 4.69) is 10.3 Å². The molecule has 2 aromatic carbocycles. The number of hydrogen-bond donors (Lipinski definition) is 3. The summed E-state index contributed by atoms with van der Waals surface area (Å²) in [5, 5.41) is 13.0. The summed E-state index contributed by atoms with van der Waals surface area (Å²) in [4.78, 5) is 38.7.